The van der Waals surface area contributed by atoms with Gasteiger partial charge in [0.1, 0.15) is 11.5 Å². The summed E-state index contributed by atoms with van der Waals surface area (Å²) in [6.07, 6.45) is 1.64. The normalized spacial score (nSPS) is 11.4. The van der Waals surface area contributed by atoms with Crippen LogP contribution in [0.4, 0.5) is 5.69 Å². The van der Waals surface area contributed by atoms with Crippen molar-refractivity contribution < 1.29 is 19.0 Å². The summed E-state index contributed by atoms with van der Waals surface area (Å²) in [6.45, 7) is 1.82. The van der Waals surface area contributed by atoms with Gasteiger partial charge in [-0.1, -0.05) is 41.9 Å². The van der Waals surface area contributed by atoms with E-state index in [1.165, 1.54) is 0 Å². The van der Waals surface area contributed by atoms with Crippen molar-refractivity contribution >= 4 is 51.4 Å². The van der Waals surface area contributed by atoms with Gasteiger partial charge in [-0.3, -0.25) is 9.78 Å². The lowest BCUT2D eigenvalue weighted by Gasteiger charge is -2.15. The van der Waals surface area contributed by atoms with Crippen LogP contribution in [0.1, 0.15) is 18.4 Å². The molecule has 184 valence electrons. The molecule has 0 unspecified atom stereocenters. The second-order valence-corrected chi connectivity index (χ2v) is 8.67. The summed E-state index contributed by atoms with van der Waals surface area (Å²) >= 11 is 11.8. The van der Waals surface area contributed by atoms with Crippen LogP contribution < -0.4 is 24.8 Å². The number of carbonyl (C=O) groups is 1. The Morgan fingerprint density at radius 2 is 1.67 bits per heavy atom. The maximum Gasteiger partial charge on any atom is 0.233 e. The summed E-state index contributed by atoms with van der Waals surface area (Å²) in [7, 11) is 3.14. The Morgan fingerprint density at radius 1 is 0.944 bits per heavy atom. The number of benzene rings is 3. The number of amides is 1. The van der Waals surface area contributed by atoms with Crippen molar-refractivity contribution in [3.8, 4) is 23.0 Å². The molecule has 0 fully saturated rings. The molecule has 2 N–H and O–H groups in total. The molecule has 0 saturated carbocycles. The lowest BCUT2D eigenvalue weighted by Crippen LogP contribution is -2.36. The molecule has 9 heteroatoms. The van der Waals surface area contributed by atoms with Crippen LogP contribution >= 0.6 is 23.8 Å². The van der Waals surface area contributed by atoms with Crippen LogP contribution in [0.15, 0.2) is 72.9 Å². The lowest BCUT2D eigenvalue weighted by molar-refractivity contribution is -0.120. The van der Waals surface area contributed by atoms with Gasteiger partial charge >= 0.3 is 0 Å². The minimum absolute atomic E-state index is 0.175. The van der Waals surface area contributed by atoms with Gasteiger partial charge in [0.2, 0.25) is 5.91 Å². The molecule has 3 aromatic carbocycles. The van der Waals surface area contributed by atoms with E-state index in [0.717, 1.165) is 10.9 Å². The van der Waals surface area contributed by atoms with Gasteiger partial charge in [0.25, 0.3) is 0 Å². The third-order valence-electron chi connectivity index (χ3n) is 5.55. The standard InChI is InChI=1S/C27H24ClN3O4S/c1-16(17-7-5-4-6-8-17)26(32)31-27(36)30-18-9-10-23(20(28)13-18)35-22-11-12-29-21-15-25(34-3)24(33-2)14-19(21)22/h4-16H,1-3H3,(H2,30,31,32,36)/t16-/m1/s1. The first kappa shape index (κ1) is 25.2. The molecule has 0 aliphatic rings. The third-order valence-corrected chi connectivity index (χ3v) is 6.05. The van der Waals surface area contributed by atoms with E-state index in [0.29, 0.717) is 39.2 Å². The number of rotatable bonds is 7. The number of methoxy groups -OCH3 is 2. The number of hydrogen-bond donors (Lipinski definition) is 2. The molecule has 0 saturated heterocycles. The zero-order valence-electron chi connectivity index (χ0n) is 19.9. The molecule has 0 bridgehead atoms. The summed E-state index contributed by atoms with van der Waals surface area (Å²) in [5.41, 5.74) is 2.20. The van der Waals surface area contributed by atoms with E-state index in [1.54, 1.807) is 56.8 Å². The van der Waals surface area contributed by atoms with Crippen molar-refractivity contribution in [2.45, 2.75) is 12.8 Å². The van der Waals surface area contributed by atoms with Crippen LogP contribution in [0.3, 0.4) is 0 Å². The van der Waals surface area contributed by atoms with E-state index in [9.17, 15) is 4.79 Å². The number of nitrogens with zero attached hydrogens (tertiary/aromatic N) is 1. The van der Waals surface area contributed by atoms with Crippen LogP contribution in [0.5, 0.6) is 23.0 Å². The van der Waals surface area contributed by atoms with E-state index >= 15 is 0 Å². The number of fused-ring (bicyclic) bond motifs is 1. The quantitative estimate of drug-likeness (QED) is 0.275. The Kier molecular flexibility index (Phi) is 7.87. The Hall–Kier alpha value is -3.88. The lowest BCUT2D eigenvalue weighted by atomic mass is 10.0. The highest BCUT2D eigenvalue weighted by molar-refractivity contribution is 7.80. The summed E-state index contributed by atoms with van der Waals surface area (Å²) in [5.74, 6) is 1.58. The molecule has 4 rings (SSSR count). The molecule has 0 aliphatic carbocycles. The van der Waals surface area contributed by atoms with E-state index in [2.05, 4.69) is 15.6 Å². The first-order chi connectivity index (χ1) is 17.4. The second-order valence-electron chi connectivity index (χ2n) is 7.86. The van der Waals surface area contributed by atoms with E-state index in [-0.39, 0.29) is 16.9 Å². The first-order valence-electron chi connectivity index (χ1n) is 11.0. The fraction of sp³-hybridized carbons (Fsp3) is 0.148. The van der Waals surface area contributed by atoms with Crippen LogP contribution in [0.2, 0.25) is 5.02 Å². The molecular formula is C27H24ClN3O4S. The zero-order chi connectivity index (χ0) is 25.7. The van der Waals surface area contributed by atoms with Crippen molar-refractivity contribution in [3.05, 3.63) is 83.5 Å². The second kappa shape index (κ2) is 11.2. The average Bonchev–Trinajstić information content (AvgIpc) is 2.89. The van der Waals surface area contributed by atoms with Gasteiger partial charge in [-0.15, -0.1) is 0 Å². The summed E-state index contributed by atoms with van der Waals surface area (Å²) < 4.78 is 16.9. The Balaban J connectivity index is 1.46. The van der Waals surface area contributed by atoms with Crippen molar-refractivity contribution in [3.63, 3.8) is 0 Å². The van der Waals surface area contributed by atoms with E-state index in [1.807, 2.05) is 37.3 Å². The molecule has 0 aliphatic heterocycles. The van der Waals surface area contributed by atoms with Gasteiger partial charge in [-0.25, -0.2) is 0 Å². The predicted octanol–water partition coefficient (Wildman–Crippen LogP) is 6.31. The number of nitrogens with one attached hydrogen (secondary N) is 2. The van der Waals surface area contributed by atoms with Crippen LogP contribution in [-0.4, -0.2) is 30.2 Å². The molecule has 1 amide bonds. The topological polar surface area (TPSA) is 81.7 Å². The van der Waals surface area contributed by atoms with Gasteiger partial charge in [-0.05, 0) is 55.0 Å². The number of halogens is 1. The van der Waals surface area contributed by atoms with Crippen LogP contribution in [0, 0.1) is 0 Å². The molecule has 7 nitrogen and oxygen atoms in total. The molecule has 1 atom stereocenters. The van der Waals surface area contributed by atoms with Crippen molar-refractivity contribution in [1.29, 1.82) is 0 Å². The number of pyridine rings is 1. The molecule has 4 aromatic rings. The number of anilines is 1. The highest BCUT2D eigenvalue weighted by Gasteiger charge is 2.17. The van der Waals surface area contributed by atoms with Gasteiger partial charge < -0.3 is 24.8 Å². The molecule has 36 heavy (non-hydrogen) atoms. The van der Waals surface area contributed by atoms with Crippen LogP contribution in [-0.2, 0) is 4.79 Å². The van der Waals surface area contributed by atoms with E-state index in [4.69, 9.17) is 38.0 Å². The SMILES string of the molecule is COc1cc2nccc(Oc3ccc(NC(=S)NC(=O)[C@H](C)c4ccccc4)cc3Cl)c2cc1OC. The maximum absolute atomic E-state index is 12.6. The molecule has 1 aromatic heterocycles. The minimum Gasteiger partial charge on any atom is -0.493 e. The smallest absolute Gasteiger partial charge is 0.233 e. The molecular weight excluding hydrogens is 498 g/mol. The fourth-order valence-electron chi connectivity index (χ4n) is 3.59. The summed E-state index contributed by atoms with van der Waals surface area (Å²) in [6, 6.07) is 20.0. The first-order valence-corrected chi connectivity index (χ1v) is 11.8. The molecule has 0 radical (unpaired) electrons. The Morgan fingerprint density at radius 3 is 2.36 bits per heavy atom. The number of thiocarbonyl (C=S) groups is 1. The van der Waals surface area contributed by atoms with Gasteiger partial charge in [0, 0.05) is 23.3 Å². The number of aromatic nitrogens is 1. The van der Waals surface area contributed by atoms with Crippen molar-refractivity contribution in [2.75, 3.05) is 19.5 Å². The monoisotopic (exact) mass is 521 g/mol. The molecule has 1 heterocycles. The summed E-state index contributed by atoms with van der Waals surface area (Å²) in [4.78, 5) is 16.9. The predicted molar refractivity (Wildman–Crippen MR) is 146 cm³/mol. The zero-order valence-corrected chi connectivity index (χ0v) is 21.4. The van der Waals surface area contributed by atoms with E-state index < -0.39 is 0 Å². The largest absolute Gasteiger partial charge is 0.493 e. The number of ether oxygens (including phenoxy) is 3. The highest BCUT2D eigenvalue weighted by Crippen LogP contribution is 2.38. The Labute approximate surface area is 219 Å². The minimum atomic E-state index is -0.348. The highest BCUT2D eigenvalue weighted by atomic mass is 35.5. The van der Waals surface area contributed by atoms with Crippen molar-refractivity contribution in [2.24, 2.45) is 0 Å². The fourth-order valence-corrected chi connectivity index (χ4v) is 4.03. The third kappa shape index (κ3) is 5.67. The Bertz CT molecular complexity index is 1420. The van der Waals surface area contributed by atoms with Gasteiger partial charge in [0.15, 0.2) is 16.6 Å². The number of hydrogen-bond acceptors (Lipinski definition) is 6. The summed E-state index contributed by atoms with van der Waals surface area (Å²) in [5, 5.41) is 6.98. The van der Waals surface area contributed by atoms with Crippen molar-refractivity contribution in [1.82, 2.24) is 10.3 Å². The van der Waals surface area contributed by atoms with Crippen LogP contribution in [0.25, 0.3) is 10.9 Å². The number of carbonyl (C=O) groups excluding carboxylic acids is 1. The van der Waals surface area contributed by atoms with Gasteiger partial charge in [-0.2, -0.15) is 0 Å². The average molecular weight is 522 g/mol. The molecule has 0 spiro atoms. The van der Waals surface area contributed by atoms with Gasteiger partial charge in [0.05, 0.1) is 30.7 Å². The maximum atomic E-state index is 12.6.